The average molecular weight is 189 g/mol. The Labute approximate surface area is 78.5 Å². The van der Waals surface area contributed by atoms with Crippen molar-refractivity contribution in [3.05, 3.63) is 0 Å². The standard InChI is InChI=1S/C8H15NO2S/c1-7-6-11-4-3-9(7)8(10)2-5-12/h7,12H,2-6H2,1H3. The van der Waals surface area contributed by atoms with E-state index in [2.05, 4.69) is 12.6 Å². The Kier molecular flexibility index (Phi) is 3.88. The number of carbonyl (C=O) groups excluding carboxylic acids is 1. The fourth-order valence-electron chi connectivity index (χ4n) is 1.34. The first-order valence-electron chi connectivity index (χ1n) is 4.23. The van der Waals surface area contributed by atoms with Crippen LogP contribution in [-0.2, 0) is 9.53 Å². The van der Waals surface area contributed by atoms with Crippen molar-refractivity contribution in [2.24, 2.45) is 0 Å². The lowest BCUT2D eigenvalue weighted by Gasteiger charge is -2.33. The van der Waals surface area contributed by atoms with Gasteiger partial charge in [-0.15, -0.1) is 0 Å². The summed E-state index contributed by atoms with van der Waals surface area (Å²) in [6, 6.07) is 0.228. The van der Waals surface area contributed by atoms with E-state index in [1.807, 2.05) is 11.8 Å². The predicted octanol–water partition coefficient (Wildman–Crippen LogP) is 0.554. The molecule has 0 aromatic carbocycles. The number of hydrogen-bond donors (Lipinski definition) is 1. The maximum atomic E-state index is 11.4. The van der Waals surface area contributed by atoms with Crippen molar-refractivity contribution in [3.8, 4) is 0 Å². The van der Waals surface area contributed by atoms with Crippen LogP contribution in [-0.4, -0.2) is 42.4 Å². The highest BCUT2D eigenvalue weighted by atomic mass is 32.1. The van der Waals surface area contributed by atoms with Gasteiger partial charge in [-0.1, -0.05) is 0 Å². The number of amides is 1. The summed E-state index contributed by atoms with van der Waals surface area (Å²) in [6.07, 6.45) is 0.535. The van der Waals surface area contributed by atoms with E-state index in [1.165, 1.54) is 0 Å². The van der Waals surface area contributed by atoms with Crippen molar-refractivity contribution in [3.63, 3.8) is 0 Å². The molecule has 1 aliphatic heterocycles. The lowest BCUT2D eigenvalue weighted by Crippen LogP contribution is -2.47. The number of ether oxygens (including phenoxy) is 1. The molecule has 0 aromatic rings. The van der Waals surface area contributed by atoms with Crippen LogP contribution in [0.2, 0.25) is 0 Å². The van der Waals surface area contributed by atoms with Crippen LogP contribution in [0.5, 0.6) is 0 Å². The van der Waals surface area contributed by atoms with Crippen molar-refractivity contribution >= 4 is 18.5 Å². The summed E-state index contributed by atoms with van der Waals surface area (Å²) in [6.45, 7) is 4.07. The third-order valence-corrected chi connectivity index (χ3v) is 2.24. The van der Waals surface area contributed by atoms with Crippen LogP contribution >= 0.6 is 12.6 Å². The molecule has 0 aliphatic carbocycles. The Morgan fingerprint density at radius 1 is 1.75 bits per heavy atom. The molecule has 3 nitrogen and oxygen atoms in total. The maximum absolute atomic E-state index is 11.4. The summed E-state index contributed by atoms with van der Waals surface area (Å²) in [5, 5.41) is 0. The van der Waals surface area contributed by atoms with Crippen molar-refractivity contribution < 1.29 is 9.53 Å². The molecule has 1 amide bonds. The minimum absolute atomic E-state index is 0.195. The van der Waals surface area contributed by atoms with Crippen LogP contribution in [0.3, 0.4) is 0 Å². The van der Waals surface area contributed by atoms with E-state index in [0.29, 0.717) is 25.4 Å². The van der Waals surface area contributed by atoms with Gasteiger partial charge < -0.3 is 9.64 Å². The van der Waals surface area contributed by atoms with Gasteiger partial charge in [0, 0.05) is 13.0 Å². The second-order valence-corrected chi connectivity index (χ2v) is 3.43. The molecule has 1 atom stereocenters. The van der Waals surface area contributed by atoms with Gasteiger partial charge in [0.15, 0.2) is 0 Å². The van der Waals surface area contributed by atoms with Crippen molar-refractivity contribution in [2.75, 3.05) is 25.5 Å². The molecule has 70 valence electrons. The normalized spacial score (nSPS) is 24.2. The fraction of sp³-hybridized carbons (Fsp3) is 0.875. The van der Waals surface area contributed by atoms with Crippen LogP contribution in [0, 0.1) is 0 Å². The molecule has 0 aromatic heterocycles. The number of nitrogens with zero attached hydrogens (tertiary/aromatic N) is 1. The van der Waals surface area contributed by atoms with E-state index in [9.17, 15) is 4.79 Å². The lowest BCUT2D eigenvalue weighted by molar-refractivity contribution is -0.138. The van der Waals surface area contributed by atoms with Crippen molar-refractivity contribution in [1.29, 1.82) is 0 Å². The van der Waals surface area contributed by atoms with Gasteiger partial charge in [0.25, 0.3) is 0 Å². The molecule has 4 heteroatoms. The molecule has 1 rings (SSSR count). The van der Waals surface area contributed by atoms with Gasteiger partial charge in [-0.25, -0.2) is 0 Å². The van der Waals surface area contributed by atoms with Crippen molar-refractivity contribution in [1.82, 2.24) is 4.90 Å². The first kappa shape index (κ1) is 9.86. The van der Waals surface area contributed by atoms with E-state index in [4.69, 9.17) is 4.74 Å². The first-order valence-corrected chi connectivity index (χ1v) is 4.87. The lowest BCUT2D eigenvalue weighted by atomic mass is 10.2. The van der Waals surface area contributed by atoms with Gasteiger partial charge in [0.05, 0.1) is 19.3 Å². The fourth-order valence-corrected chi connectivity index (χ4v) is 1.53. The molecular weight excluding hydrogens is 174 g/mol. The van der Waals surface area contributed by atoms with Gasteiger partial charge in [0.1, 0.15) is 0 Å². The van der Waals surface area contributed by atoms with E-state index >= 15 is 0 Å². The molecule has 1 heterocycles. The Morgan fingerprint density at radius 2 is 2.50 bits per heavy atom. The summed E-state index contributed by atoms with van der Waals surface area (Å²) in [7, 11) is 0. The topological polar surface area (TPSA) is 29.5 Å². The highest BCUT2D eigenvalue weighted by Gasteiger charge is 2.22. The summed E-state index contributed by atoms with van der Waals surface area (Å²) in [5.74, 6) is 0.823. The van der Waals surface area contributed by atoms with Crippen LogP contribution in [0.15, 0.2) is 0 Å². The molecule has 0 bridgehead atoms. The molecule has 0 spiro atoms. The number of hydrogen-bond acceptors (Lipinski definition) is 3. The van der Waals surface area contributed by atoms with Crippen LogP contribution < -0.4 is 0 Å². The summed E-state index contributed by atoms with van der Waals surface area (Å²) in [4.78, 5) is 13.3. The molecule has 1 saturated heterocycles. The average Bonchev–Trinajstić information content (AvgIpc) is 2.05. The second-order valence-electron chi connectivity index (χ2n) is 2.98. The summed E-state index contributed by atoms with van der Waals surface area (Å²) >= 11 is 4.03. The zero-order valence-electron chi connectivity index (χ0n) is 7.32. The molecule has 0 radical (unpaired) electrons. The third kappa shape index (κ3) is 2.38. The number of carbonyl (C=O) groups is 1. The largest absolute Gasteiger partial charge is 0.377 e. The highest BCUT2D eigenvalue weighted by Crippen LogP contribution is 2.07. The molecular formula is C8H15NO2S. The third-order valence-electron chi connectivity index (χ3n) is 2.01. The van der Waals surface area contributed by atoms with E-state index in [-0.39, 0.29) is 11.9 Å². The molecule has 1 aliphatic rings. The van der Waals surface area contributed by atoms with E-state index < -0.39 is 0 Å². The summed E-state index contributed by atoms with van der Waals surface area (Å²) < 4.78 is 5.23. The molecule has 1 unspecified atom stereocenters. The highest BCUT2D eigenvalue weighted by molar-refractivity contribution is 7.80. The first-order chi connectivity index (χ1) is 5.75. The number of morpholine rings is 1. The molecule has 0 N–H and O–H groups in total. The van der Waals surface area contributed by atoms with Crippen LogP contribution in [0.1, 0.15) is 13.3 Å². The van der Waals surface area contributed by atoms with Crippen LogP contribution in [0.25, 0.3) is 0 Å². The predicted molar refractivity (Wildman–Crippen MR) is 50.5 cm³/mol. The Morgan fingerprint density at radius 3 is 3.08 bits per heavy atom. The van der Waals surface area contributed by atoms with Gasteiger partial charge in [-0.2, -0.15) is 12.6 Å². The second kappa shape index (κ2) is 4.72. The molecule has 1 fully saturated rings. The quantitative estimate of drug-likeness (QED) is 0.643. The zero-order valence-corrected chi connectivity index (χ0v) is 8.22. The minimum atomic E-state index is 0.195. The van der Waals surface area contributed by atoms with Gasteiger partial charge >= 0.3 is 0 Å². The van der Waals surface area contributed by atoms with Gasteiger partial charge in [0.2, 0.25) is 5.91 Å². The van der Waals surface area contributed by atoms with E-state index in [0.717, 1.165) is 6.54 Å². The molecule has 12 heavy (non-hydrogen) atoms. The van der Waals surface area contributed by atoms with Crippen molar-refractivity contribution in [2.45, 2.75) is 19.4 Å². The zero-order chi connectivity index (χ0) is 8.97. The SMILES string of the molecule is CC1COCCN1C(=O)CCS. The monoisotopic (exact) mass is 189 g/mol. The van der Waals surface area contributed by atoms with E-state index in [1.54, 1.807) is 0 Å². The Balaban J connectivity index is 2.42. The number of thiol groups is 1. The smallest absolute Gasteiger partial charge is 0.223 e. The summed E-state index contributed by atoms with van der Waals surface area (Å²) in [5.41, 5.74) is 0. The Bertz CT molecular complexity index is 163. The minimum Gasteiger partial charge on any atom is -0.377 e. The molecule has 0 saturated carbocycles. The van der Waals surface area contributed by atoms with Gasteiger partial charge in [-0.3, -0.25) is 4.79 Å². The van der Waals surface area contributed by atoms with Gasteiger partial charge in [-0.05, 0) is 12.7 Å². The van der Waals surface area contributed by atoms with Crippen LogP contribution in [0.4, 0.5) is 0 Å². The maximum Gasteiger partial charge on any atom is 0.223 e. The Hall–Kier alpha value is -0.220. The number of rotatable bonds is 2.